The Bertz CT molecular complexity index is 453. The van der Waals surface area contributed by atoms with Crippen molar-refractivity contribution in [2.75, 3.05) is 5.32 Å². The van der Waals surface area contributed by atoms with E-state index in [1.165, 1.54) is 12.1 Å². The number of anilines is 1. The smallest absolute Gasteiger partial charge is 0.163 e. The summed E-state index contributed by atoms with van der Waals surface area (Å²) in [5.41, 5.74) is 1.48. The van der Waals surface area contributed by atoms with Crippen molar-refractivity contribution >= 4 is 11.5 Å². The highest BCUT2D eigenvalue weighted by Gasteiger charge is 2.22. The second kappa shape index (κ2) is 5.13. The SMILES string of the molecule is C[C@H]1CCC/C(=C/Nc2cccc(F)c2)C1=O. The van der Waals surface area contributed by atoms with Gasteiger partial charge in [0.25, 0.3) is 0 Å². The van der Waals surface area contributed by atoms with Gasteiger partial charge in [-0.2, -0.15) is 0 Å². The van der Waals surface area contributed by atoms with Crippen molar-refractivity contribution in [1.82, 2.24) is 0 Å². The third-order valence-corrected chi connectivity index (χ3v) is 3.09. The minimum Gasteiger partial charge on any atom is -0.361 e. The van der Waals surface area contributed by atoms with E-state index in [2.05, 4.69) is 5.32 Å². The van der Waals surface area contributed by atoms with Gasteiger partial charge in [0.15, 0.2) is 5.78 Å². The molecule has 1 aliphatic rings. The normalized spacial score (nSPS) is 22.8. The average Bonchev–Trinajstić information content (AvgIpc) is 2.31. The van der Waals surface area contributed by atoms with Crippen LogP contribution in [-0.4, -0.2) is 5.78 Å². The van der Waals surface area contributed by atoms with Crippen molar-refractivity contribution in [3.63, 3.8) is 0 Å². The lowest BCUT2D eigenvalue weighted by molar-refractivity contribution is -0.119. The third kappa shape index (κ3) is 2.93. The van der Waals surface area contributed by atoms with E-state index in [4.69, 9.17) is 0 Å². The first-order valence-electron chi connectivity index (χ1n) is 5.92. The number of Topliss-reactive ketones (excluding diaryl/α,β-unsaturated/α-hetero) is 1. The highest BCUT2D eigenvalue weighted by atomic mass is 19.1. The Morgan fingerprint density at radius 2 is 2.29 bits per heavy atom. The predicted molar refractivity (Wildman–Crippen MR) is 66.1 cm³/mol. The molecule has 3 heteroatoms. The van der Waals surface area contributed by atoms with Crippen molar-refractivity contribution in [3.05, 3.63) is 41.9 Å². The zero-order valence-corrected chi connectivity index (χ0v) is 9.87. The molecule has 17 heavy (non-hydrogen) atoms. The molecule has 1 atom stereocenters. The number of ketones is 1. The molecule has 1 aromatic rings. The van der Waals surface area contributed by atoms with Crippen LogP contribution in [0.4, 0.5) is 10.1 Å². The molecule has 0 bridgehead atoms. The first-order valence-corrected chi connectivity index (χ1v) is 5.92. The average molecular weight is 233 g/mol. The number of allylic oxidation sites excluding steroid dienone is 1. The molecule has 2 rings (SSSR count). The first kappa shape index (κ1) is 11.8. The van der Waals surface area contributed by atoms with Crippen LogP contribution < -0.4 is 5.32 Å². The Hall–Kier alpha value is -1.64. The first-order chi connectivity index (χ1) is 8.16. The van der Waals surface area contributed by atoms with E-state index in [0.29, 0.717) is 5.69 Å². The molecule has 0 saturated heterocycles. The molecule has 0 aromatic heterocycles. The molecule has 0 radical (unpaired) electrons. The summed E-state index contributed by atoms with van der Waals surface area (Å²) < 4.78 is 12.9. The molecule has 0 unspecified atom stereocenters. The van der Waals surface area contributed by atoms with Gasteiger partial charge in [0.1, 0.15) is 5.82 Å². The molecule has 0 amide bonds. The fraction of sp³-hybridized carbons (Fsp3) is 0.357. The molecule has 1 aliphatic carbocycles. The summed E-state index contributed by atoms with van der Waals surface area (Å²) in [7, 11) is 0. The lowest BCUT2D eigenvalue weighted by Gasteiger charge is -2.19. The Morgan fingerprint density at radius 1 is 1.47 bits per heavy atom. The van der Waals surface area contributed by atoms with Crippen molar-refractivity contribution in [3.8, 4) is 0 Å². The molecule has 1 N–H and O–H groups in total. The Morgan fingerprint density at radius 3 is 3.06 bits per heavy atom. The largest absolute Gasteiger partial charge is 0.361 e. The van der Waals surface area contributed by atoms with Gasteiger partial charge < -0.3 is 5.32 Å². The topological polar surface area (TPSA) is 29.1 Å². The summed E-state index contributed by atoms with van der Waals surface area (Å²) in [6.45, 7) is 1.96. The van der Waals surface area contributed by atoms with Crippen LogP contribution in [0.2, 0.25) is 0 Å². The zero-order chi connectivity index (χ0) is 12.3. The van der Waals surface area contributed by atoms with Crippen LogP contribution in [0.5, 0.6) is 0 Å². The number of carbonyl (C=O) groups is 1. The van der Waals surface area contributed by atoms with Gasteiger partial charge in [-0.3, -0.25) is 4.79 Å². The van der Waals surface area contributed by atoms with E-state index in [0.717, 1.165) is 24.8 Å². The lowest BCUT2D eigenvalue weighted by atomic mass is 9.86. The quantitative estimate of drug-likeness (QED) is 0.792. The Labute approximate surface area is 101 Å². The molecular weight excluding hydrogens is 217 g/mol. The van der Waals surface area contributed by atoms with Gasteiger partial charge in [-0.1, -0.05) is 13.0 Å². The van der Waals surface area contributed by atoms with E-state index in [1.54, 1.807) is 18.3 Å². The molecule has 1 aromatic carbocycles. The van der Waals surface area contributed by atoms with E-state index in [-0.39, 0.29) is 17.5 Å². The van der Waals surface area contributed by atoms with Crippen LogP contribution in [0.1, 0.15) is 26.2 Å². The summed E-state index contributed by atoms with van der Waals surface area (Å²) in [5, 5.41) is 2.98. The van der Waals surface area contributed by atoms with Gasteiger partial charge >= 0.3 is 0 Å². The maximum Gasteiger partial charge on any atom is 0.163 e. The molecule has 1 saturated carbocycles. The van der Waals surface area contributed by atoms with Crippen LogP contribution in [-0.2, 0) is 4.79 Å². The fourth-order valence-corrected chi connectivity index (χ4v) is 2.06. The standard InChI is InChI=1S/C14H16FNO/c1-10-4-2-5-11(14(10)17)9-16-13-7-3-6-12(15)8-13/h3,6-10,16H,2,4-5H2,1H3/b11-9-/t10-/m0/s1. The van der Waals surface area contributed by atoms with E-state index in [9.17, 15) is 9.18 Å². The van der Waals surface area contributed by atoms with Crippen LogP contribution >= 0.6 is 0 Å². The van der Waals surface area contributed by atoms with Crippen molar-refractivity contribution in [1.29, 1.82) is 0 Å². The van der Waals surface area contributed by atoms with Crippen LogP contribution in [0.25, 0.3) is 0 Å². The fourth-order valence-electron chi connectivity index (χ4n) is 2.06. The van der Waals surface area contributed by atoms with Gasteiger partial charge in [-0.25, -0.2) is 4.39 Å². The number of halogens is 1. The van der Waals surface area contributed by atoms with Crippen molar-refractivity contribution in [2.24, 2.45) is 5.92 Å². The maximum absolute atomic E-state index is 12.9. The van der Waals surface area contributed by atoms with Crippen LogP contribution in [0, 0.1) is 11.7 Å². The van der Waals surface area contributed by atoms with E-state index >= 15 is 0 Å². The van der Waals surface area contributed by atoms with Gasteiger partial charge in [-0.05, 0) is 37.5 Å². The third-order valence-electron chi connectivity index (χ3n) is 3.09. The highest BCUT2D eigenvalue weighted by Crippen LogP contribution is 2.24. The van der Waals surface area contributed by atoms with Gasteiger partial charge in [0.05, 0.1) is 0 Å². The van der Waals surface area contributed by atoms with E-state index in [1.807, 2.05) is 6.92 Å². The number of nitrogens with one attached hydrogen (secondary N) is 1. The molecular formula is C14H16FNO. The molecule has 2 nitrogen and oxygen atoms in total. The summed E-state index contributed by atoms with van der Waals surface area (Å²) in [6.07, 6.45) is 4.54. The highest BCUT2D eigenvalue weighted by molar-refractivity contribution is 5.97. The van der Waals surface area contributed by atoms with Crippen LogP contribution in [0.15, 0.2) is 36.0 Å². The van der Waals surface area contributed by atoms with Crippen LogP contribution in [0.3, 0.4) is 0 Å². The summed E-state index contributed by atoms with van der Waals surface area (Å²) in [5.74, 6) is 0.0428. The Kier molecular flexibility index (Phi) is 3.57. The molecule has 0 aliphatic heterocycles. The van der Waals surface area contributed by atoms with Crippen molar-refractivity contribution < 1.29 is 9.18 Å². The number of hydrogen-bond donors (Lipinski definition) is 1. The predicted octanol–water partition coefficient (Wildman–Crippen LogP) is 3.51. The Balaban J connectivity index is 2.07. The van der Waals surface area contributed by atoms with Gasteiger partial charge in [0.2, 0.25) is 0 Å². The number of rotatable bonds is 2. The zero-order valence-electron chi connectivity index (χ0n) is 9.87. The number of hydrogen-bond acceptors (Lipinski definition) is 2. The molecule has 0 heterocycles. The summed E-state index contributed by atoms with van der Waals surface area (Å²) in [4.78, 5) is 11.8. The van der Waals surface area contributed by atoms with Gasteiger partial charge in [-0.15, -0.1) is 0 Å². The maximum atomic E-state index is 12.9. The lowest BCUT2D eigenvalue weighted by Crippen LogP contribution is -2.19. The molecule has 90 valence electrons. The number of benzene rings is 1. The minimum atomic E-state index is -0.281. The van der Waals surface area contributed by atoms with E-state index < -0.39 is 0 Å². The second-order valence-corrected chi connectivity index (χ2v) is 4.48. The summed E-state index contributed by atoms with van der Waals surface area (Å²) >= 11 is 0. The molecule has 1 fully saturated rings. The summed E-state index contributed by atoms with van der Waals surface area (Å²) in [6, 6.07) is 6.22. The van der Waals surface area contributed by atoms with Gasteiger partial charge in [0, 0.05) is 23.4 Å². The monoisotopic (exact) mass is 233 g/mol. The molecule has 0 spiro atoms. The second-order valence-electron chi connectivity index (χ2n) is 4.48. The minimum absolute atomic E-state index is 0.115. The van der Waals surface area contributed by atoms with Crippen molar-refractivity contribution in [2.45, 2.75) is 26.2 Å². The number of carbonyl (C=O) groups excluding carboxylic acids is 1.